The van der Waals surface area contributed by atoms with E-state index in [1.807, 2.05) is 6.92 Å². The summed E-state index contributed by atoms with van der Waals surface area (Å²) in [6.07, 6.45) is 0.895. The van der Waals surface area contributed by atoms with Crippen molar-refractivity contribution in [3.8, 4) is 11.3 Å². The third kappa shape index (κ3) is 3.83. The van der Waals surface area contributed by atoms with Gasteiger partial charge in [0.25, 0.3) is 5.69 Å². The number of nitrogens with one attached hydrogen (secondary N) is 1. The van der Waals surface area contributed by atoms with Crippen LogP contribution in [0.3, 0.4) is 0 Å². The van der Waals surface area contributed by atoms with Gasteiger partial charge in [0.2, 0.25) is 0 Å². The molecule has 1 aromatic carbocycles. The zero-order chi connectivity index (χ0) is 15.4. The largest absolute Gasteiger partial charge is 0.370 e. The molecule has 0 saturated carbocycles. The molecular weight excluding hydrogens is 313 g/mol. The molecule has 7 heteroatoms. The summed E-state index contributed by atoms with van der Waals surface area (Å²) in [5.74, 6) is 0.465. The third-order valence-corrected chi connectivity index (χ3v) is 3.53. The Morgan fingerprint density at radius 2 is 2.00 bits per heavy atom. The second-order valence-corrected chi connectivity index (χ2v) is 5.22. The average Bonchev–Trinajstić information content (AvgIpc) is 2.47. The number of nitrogens with zero attached hydrogens (tertiary/aromatic N) is 2. The molecule has 21 heavy (non-hydrogen) atoms. The second kappa shape index (κ2) is 6.74. The molecule has 0 saturated heterocycles. The van der Waals surface area contributed by atoms with E-state index in [1.165, 1.54) is 12.1 Å². The first kappa shape index (κ1) is 15.5. The number of hydrogen-bond donors (Lipinski definition) is 1. The molecule has 1 heterocycles. The molecule has 0 atom stereocenters. The Kier molecular flexibility index (Phi) is 4.98. The predicted octanol–water partition coefficient (Wildman–Crippen LogP) is 4.79. The molecule has 0 aliphatic rings. The lowest BCUT2D eigenvalue weighted by atomic mass is 10.1. The smallest absolute Gasteiger partial charge is 0.275 e. The first-order valence-corrected chi connectivity index (χ1v) is 7.12. The number of nitro groups is 1. The topological polar surface area (TPSA) is 68.1 Å². The fourth-order valence-electron chi connectivity index (χ4n) is 1.77. The van der Waals surface area contributed by atoms with Gasteiger partial charge in [0.15, 0.2) is 0 Å². The first-order valence-electron chi connectivity index (χ1n) is 6.37. The molecular formula is C14H13Cl2N3O2. The van der Waals surface area contributed by atoms with Gasteiger partial charge in [0.1, 0.15) is 5.82 Å². The highest BCUT2D eigenvalue weighted by Gasteiger charge is 2.13. The summed E-state index contributed by atoms with van der Waals surface area (Å²) in [6, 6.07) is 7.83. The highest BCUT2D eigenvalue weighted by Crippen LogP contribution is 2.30. The summed E-state index contributed by atoms with van der Waals surface area (Å²) in [7, 11) is 0. The van der Waals surface area contributed by atoms with E-state index in [9.17, 15) is 10.1 Å². The standard InChI is InChI=1S/C14H13Cl2N3O2/c1-2-5-17-14-8-10(19(20)21)7-13(18-14)9-3-4-11(15)12(16)6-9/h3-4,6-8H,2,5H2,1H3,(H,17,18). The van der Waals surface area contributed by atoms with Gasteiger partial charge in [-0.15, -0.1) is 0 Å². The van der Waals surface area contributed by atoms with Gasteiger partial charge in [0, 0.05) is 18.2 Å². The second-order valence-electron chi connectivity index (χ2n) is 4.41. The molecule has 0 aliphatic heterocycles. The van der Waals surface area contributed by atoms with Crippen molar-refractivity contribution in [2.24, 2.45) is 0 Å². The van der Waals surface area contributed by atoms with Crippen LogP contribution in [0.4, 0.5) is 11.5 Å². The SMILES string of the molecule is CCCNc1cc([N+](=O)[O-])cc(-c2ccc(Cl)c(Cl)c2)n1. The van der Waals surface area contributed by atoms with Gasteiger partial charge in [-0.25, -0.2) is 4.98 Å². The van der Waals surface area contributed by atoms with Crippen LogP contribution in [-0.4, -0.2) is 16.5 Å². The van der Waals surface area contributed by atoms with Crippen LogP contribution < -0.4 is 5.32 Å². The molecule has 0 amide bonds. The highest BCUT2D eigenvalue weighted by atomic mass is 35.5. The summed E-state index contributed by atoms with van der Waals surface area (Å²) in [5, 5.41) is 14.9. The van der Waals surface area contributed by atoms with Gasteiger partial charge in [-0.3, -0.25) is 10.1 Å². The van der Waals surface area contributed by atoms with E-state index in [1.54, 1.807) is 18.2 Å². The Balaban J connectivity index is 2.48. The van der Waals surface area contributed by atoms with Crippen LogP contribution in [-0.2, 0) is 0 Å². The number of anilines is 1. The maximum absolute atomic E-state index is 11.0. The zero-order valence-electron chi connectivity index (χ0n) is 11.3. The molecule has 0 radical (unpaired) electrons. The van der Waals surface area contributed by atoms with E-state index in [-0.39, 0.29) is 5.69 Å². The molecule has 110 valence electrons. The quantitative estimate of drug-likeness (QED) is 0.634. The van der Waals surface area contributed by atoms with Gasteiger partial charge in [-0.2, -0.15) is 0 Å². The molecule has 1 aromatic heterocycles. The average molecular weight is 326 g/mol. The van der Waals surface area contributed by atoms with Crippen LogP contribution in [0.15, 0.2) is 30.3 Å². The monoisotopic (exact) mass is 325 g/mol. The van der Waals surface area contributed by atoms with Gasteiger partial charge in [0.05, 0.1) is 26.7 Å². The van der Waals surface area contributed by atoms with Crippen molar-refractivity contribution in [1.82, 2.24) is 4.98 Å². The highest BCUT2D eigenvalue weighted by molar-refractivity contribution is 6.42. The predicted molar refractivity (Wildman–Crippen MR) is 85.1 cm³/mol. The summed E-state index contributed by atoms with van der Waals surface area (Å²) in [5.41, 5.74) is 1.12. The van der Waals surface area contributed by atoms with Crippen molar-refractivity contribution >= 4 is 34.7 Å². The summed E-state index contributed by atoms with van der Waals surface area (Å²) >= 11 is 11.9. The van der Waals surface area contributed by atoms with Crippen molar-refractivity contribution in [2.75, 3.05) is 11.9 Å². The van der Waals surface area contributed by atoms with Crippen LogP contribution in [0.2, 0.25) is 10.0 Å². The van der Waals surface area contributed by atoms with Crippen molar-refractivity contribution in [2.45, 2.75) is 13.3 Å². The molecule has 1 N–H and O–H groups in total. The van der Waals surface area contributed by atoms with Crippen molar-refractivity contribution < 1.29 is 4.92 Å². The maximum Gasteiger partial charge on any atom is 0.275 e. The lowest BCUT2D eigenvalue weighted by Gasteiger charge is -2.08. The van der Waals surface area contributed by atoms with E-state index < -0.39 is 4.92 Å². The molecule has 0 spiro atoms. The Labute approximate surface area is 132 Å². The number of halogens is 2. The third-order valence-electron chi connectivity index (χ3n) is 2.79. The molecule has 0 bridgehead atoms. The minimum atomic E-state index is -0.445. The van der Waals surface area contributed by atoms with E-state index in [0.717, 1.165) is 6.42 Å². The number of benzene rings is 1. The fraction of sp³-hybridized carbons (Fsp3) is 0.214. The molecule has 0 fully saturated rings. The maximum atomic E-state index is 11.0. The minimum Gasteiger partial charge on any atom is -0.370 e. The van der Waals surface area contributed by atoms with Gasteiger partial charge >= 0.3 is 0 Å². The summed E-state index contributed by atoms with van der Waals surface area (Å²) in [4.78, 5) is 15.0. The van der Waals surface area contributed by atoms with Crippen molar-refractivity contribution in [3.63, 3.8) is 0 Å². The Morgan fingerprint density at radius 3 is 2.62 bits per heavy atom. The Bertz CT molecular complexity index is 677. The number of pyridine rings is 1. The molecule has 0 aliphatic carbocycles. The number of rotatable bonds is 5. The van der Waals surface area contributed by atoms with Crippen LogP contribution >= 0.6 is 23.2 Å². The lowest BCUT2D eigenvalue weighted by molar-refractivity contribution is -0.384. The van der Waals surface area contributed by atoms with Gasteiger partial charge in [-0.1, -0.05) is 36.2 Å². The summed E-state index contributed by atoms with van der Waals surface area (Å²) in [6.45, 7) is 2.69. The number of aromatic nitrogens is 1. The molecule has 2 rings (SSSR count). The fourth-order valence-corrected chi connectivity index (χ4v) is 2.07. The normalized spacial score (nSPS) is 10.4. The minimum absolute atomic E-state index is 0.0234. The summed E-state index contributed by atoms with van der Waals surface area (Å²) < 4.78 is 0. The lowest BCUT2D eigenvalue weighted by Crippen LogP contribution is -2.03. The molecule has 2 aromatic rings. The van der Waals surface area contributed by atoms with E-state index >= 15 is 0 Å². The van der Waals surface area contributed by atoms with Gasteiger partial charge < -0.3 is 5.32 Å². The van der Waals surface area contributed by atoms with E-state index in [4.69, 9.17) is 23.2 Å². The van der Waals surface area contributed by atoms with Crippen LogP contribution in [0.5, 0.6) is 0 Å². The number of hydrogen-bond acceptors (Lipinski definition) is 4. The van der Waals surface area contributed by atoms with Crippen LogP contribution in [0.1, 0.15) is 13.3 Å². The van der Waals surface area contributed by atoms with Crippen LogP contribution in [0, 0.1) is 10.1 Å². The Morgan fingerprint density at radius 1 is 1.24 bits per heavy atom. The van der Waals surface area contributed by atoms with Crippen LogP contribution in [0.25, 0.3) is 11.3 Å². The first-order chi connectivity index (χ1) is 10.0. The Hall–Kier alpha value is -1.85. The van der Waals surface area contributed by atoms with Crippen molar-refractivity contribution in [3.05, 3.63) is 50.5 Å². The van der Waals surface area contributed by atoms with E-state index in [2.05, 4.69) is 10.3 Å². The van der Waals surface area contributed by atoms with Crippen molar-refractivity contribution in [1.29, 1.82) is 0 Å². The zero-order valence-corrected chi connectivity index (χ0v) is 12.8. The van der Waals surface area contributed by atoms with E-state index in [0.29, 0.717) is 33.7 Å². The molecule has 0 unspecified atom stereocenters. The van der Waals surface area contributed by atoms with Gasteiger partial charge in [-0.05, 0) is 18.6 Å². The molecule has 5 nitrogen and oxygen atoms in total.